The van der Waals surface area contributed by atoms with Gasteiger partial charge in [0, 0.05) is 21.7 Å². The van der Waals surface area contributed by atoms with Crippen LogP contribution in [0.3, 0.4) is 0 Å². The summed E-state index contributed by atoms with van der Waals surface area (Å²) in [6.45, 7) is 3.62. The molecular formula is C23H18ClN5O3. The summed E-state index contributed by atoms with van der Waals surface area (Å²) in [6, 6.07) is 12.5. The van der Waals surface area contributed by atoms with Crippen LogP contribution in [0, 0.1) is 13.8 Å². The fraction of sp³-hybridized carbons (Fsp3) is 0.174. The van der Waals surface area contributed by atoms with Crippen LogP contribution in [0.5, 0.6) is 0 Å². The number of rotatable bonds is 4. The molecule has 4 aromatic rings. The molecule has 160 valence electrons. The Bertz CT molecular complexity index is 1370. The highest BCUT2D eigenvalue weighted by molar-refractivity contribution is 6.30. The van der Waals surface area contributed by atoms with Crippen LogP contribution in [0.15, 0.2) is 56.5 Å². The molecule has 1 unspecified atom stereocenters. The van der Waals surface area contributed by atoms with Gasteiger partial charge in [-0.15, -0.1) is 0 Å². The highest BCUT2D eigenvalue weighted by Gasteiger charge is 2.31. The number of hydrogen-bond acceptors (Lipinski definition) is 7. The van der Waals surface area contributed by atoms with E-state index in [-0.39, 0.29) is 6.42 Å². The molecular weight excluding hydrogens is 430 g/mol. The van der Waals surface area contributed by atoms with Crippen LogP contribution in [0.2, 0.25) is 5.02 Å². The van der Waals surface area contributed by atoms with Gasteiger partial charge in [-0.05, 0) is 43.7 Å². The number of aliphatic imine (C=N–C) groups is 1. The topological polar surface area (TPSA) is 120 Å². The summed E-state index contributed by atoms with van der Waals surface area (Å²) >= 11 is 6.11. The molecule has 0 bridgehead atoms. The Morgan fingerprint density at radius 1 is 1.03 bits per heavy atom. The summed E-state index contributed by atoms with van der Waals surface area (Å²) in [5.41, 5.74) is 11.0. The van der Waals surface area contributed by atoms with Gasteiger partial charge < -0.3 is 14.8 Å². The number of aromatic nitrogens is 3. The number of nitrogens with two attached hydrogens (primary N) is 1. The van der Waals surface area contributed by atoms with E-state index >= 15 is 0 Å². The van der Waals surface area contributed by atoms with Crippen LogP contribution in [-0.2, 0) is 4.79 Å². The Labute approximate surface area is 188 Å². The molecule has 2 aromatic carbocycles. The van der Waals surface area contributed by atoms with Crippen molar-refractivity contribution in [1.29, 1.82) is 0 Å². The molecule has 0 fully saturated rings. The summed E-state index contributed by atoms with van der Waals surface area (Å²) in [7, 11) is 0. The van der Waals surface area contributed by atoms with Crippen LogP contribution in [0.4, 0.5) is 0 Å². The minimum Gasteiger partial charge on any atom is -0.370 e. The monoisotopic (exact) mass is 447 g/mol. The maximum atomic E-state index is 11.8. The Morgan fingerprint density at radius 3 is 2.47 bits per heavy atom. The number of aryl methyl sites for hydroxylation is 2. The highest BCUT2D eigenvalue weighted by Crippen LogP contribution is 2.41. The maximum absolute atomic E-state index is 11.8. The van der Waals surface area contributed by atoms with Crippen molar-refractivity contribution >= 4 is 23.2 Å². The average molecular weight is 448 g/mol. The number of nitrogens with zero attached hydrogens (tertiary/aromatic N) is 4. The van der Waals surface area contributed by atoms with Gasteiger partial charge in [0.1, 0.15) is 6.04 Å². The zero-order valence-electron chi connectivity index (χ0n) is 17.3. The van der Waals surface area contributed by atoms with Gasteiger partial charge in [0.25, 0.3) is 5.89 Å². The van der Waals surface area contributed by atoms with Crippen LogP contribution >= 0.6 is 11.6 Å². The van der Waals surface area contributed by atoms with E-state index in [9.17, 15) is 4.79 Å². The highest BCUT2D eigenvalue weighted by atomic mass is 35.5. The molecule has 1 aliphatic rings. The molecule has 0 aliphatic carbocycles. The van der Waals surface area contributed by atoms with Crippen LogP contribution in [0.1, 0.15) is 40.9 Å². The van der Waals surface area contributed by atoms with E-state index in [2.05, 4.69) is 15.3 Å². The zero-order valence-corrected chi connectivity index (χ0v) is 18.1. The Balaban J connectivity index is 1.79. The predicted molar refractivity (Wildman–Crippen MR) is 118 cm³/mol. The molecule has 3 heterocycles. The van der Waals surface area contributed by atoms with Crippen LogP contribution in [-0.4, -0.2) is 26.9 Å². The first kappa shape index (κ1) is 20.1. The minimum atomic E-state index is -0.615. The summed E-state index contributed by atoms with van der Waals surface area (Å²) in [5, 5.41) is 8.63. The number of amides is 1. The molecule has 0 radical (unpaired) electrons. The minimum absolute atomic E-state index is 0.0115. The van der Waals surface area contributed by atoms with Crippen molar-refractivity contribution in [3.05, 3.63) is 75.9 Å². The lowest BCUT2D eigenvalue weighted by atomic mass is 9.91. The summed E-state index contributed by atoms with van der Waals surface area (Å²) < 4.78 is 11.0. The fourth-order valence-corrected chi connectivity index (χ4v) is 4.02. The zero-order chi connectivity index (χ0) is 22.4. The first-order valence-corrected chi connectivity index (χ1v) is 10.3. The third-order valence-electron chi connectivity index (χ3n) is 5.31. The Morgan fingerprint density at radius 2 is 1.78 bits per heavy atom. The van der Waals surface area contributed by atoms with Crippen molar-refractivity contribution in [3.63, 3.8) is 0 Å². The van der Waals surface area contributed by atoms with Gasteiger partial charge in [0.05, 0.1) is 23.4 Å². The van der Waals surface area contributed by atoms with Gasteiger partial charge in [-0.3, -0.25) is 9.79 Å². The number of primary amides is 1. The summed E-state index contributed by atoms with van der Waals surface area (Å²) in [5.74, 6) is 0.969. The molecule has 9 heteroatoms. The second kappa shape index (κ2) is 7.72. The van der Waals surface area contributed by atoms with E-state index < -0.39 is 11.9 Å². The van der Waals surface area contributed by atoms with E-state index in [1.54, 1.807) is 19.1 Å². The summed E-state index contributed by atoms with van der Waals surface area (Å²) in [4.78, 5) is 21.1. The smallest absolute Gasteiger partial charge is 0.257 e. The number of carbonyl (C=O) groups excluding carboxylic acids is 1. The number of benzene rings is 2. The molecule has 8 nitrogen and oxygen atoms in total. The molecule has 2 N–H and O–H groups in total. The number of halogens is 1. The molecule has 0 spiro atoms. The molecule has 0 saturated carbocycles. The Hall–Kier alpha value is -3.78. The lowest BCUT2D eigenvalue weighted by molar-refractivity contribution is -0.118. The number of fused-ring (bicyclic) bond motifs is 3. The normalized spacial score (nSPS) is 15.0. The van der Waals surface area contributed by atoms with Crippen LogP contribution in [0.25, 0.3) is 22.6 Å². The first-order valence-electron chi connectivity index (χ1n) is 9.94. The number of hydrogen-bond donors (Lipinski definition) is 1. The molecule has 1 aliphatic heterocycles. The molecule has 32 heavy (non-hydrogen) atoms. The van der Waals surface area contributed by atoms with Gasteiger partial charge in [-0.2, -0.15) is 4.98 Å². The van der Waals surface area contributed by atoms with Gasteiger partial charge in [-0.25, -0.2) is 0 Å². The Kier molecular flexibility index (Phi) is 4.86. The van der Waals surface area contributed by atoms with Crippen molar-refractivity contribution in [1.82, 2.24) is 15.3 Å². The van der Waals surface area contributed by atoms with Crippen LogP contribution < -0.4 is 5.73 Å². The van der Waals surface area contributed by atoms with Crippen molar-refractivity contribution in [2.45, 2.75) is 26.3 Å². The SMILES string of the molecule is Cc1noc(-c2ccc3c(c2)C(c2ccc(Cl)cc2)=NC(CC(N)=O)c2onc(C)c2-3)n1. The lowest BCUT2D eigenvalue weighted by Gasteiger charge is -2.12. The quantitative estimate of drug-likeness (QED) is 0.494. The molecule has 0 saturated heterocycles. The van der Waals surface area contributed by atoms with Gasteiger partial charge in [-0.1, -0.05) is 40.1 Å². The average Bonchev–Trinajstić information content (AvgIpc) is 3.33. The van der Waals surface area contributed by atoms with E-state index in [1.807, 2.05) is 37.3 Å². The second-order valence-corrected chi connectivity index (χ2v) is 8.02. The maximum Gasteiger partial charge on any atom is 0.257 e. The van der Waals surface area contributed by atoms with E-state index in [1.165, 1.54) is 0 Å². The van der Waals surface area contributed by atoms with E-state index in [0.29, 0.717) is 33.9 Å². The third kappa shape index (κ3) is 3.48. The van der Waals surface area contributed by atoms with Crippen molar-refractivity contribution < 1.29 is 13.8 Å². The van der Waals surface area contributed by atoms with Crippen molar-refractivity contribution in [2.24, 2.45) is 10.7 Å². The van der Waals surface area contributed by atoms with Gasteiger partial charge in [0.15, 0.2) is 11.6 Å². The van der Waals surface area contributed by atoms with E-state index in [4.69, 9.17) is 31.4 Å². The predicted octanol–water partition coefficient (Wildman–Crippen LogP) is 4.43. The molecule has 5 rings (SSSR count). The van der Waals surface area contributed by atoms with Gasteiger partial charge >= 0.3 is 0 Å². The van der Waals surface area contributed by atoms with E-state index in [0.717, 1.165) is 27.8 Å². The largest absolute Gasteiger partial charge is 0.370 e. The first-order chi connectivity index (χ1) is 15.4. The fourth-order valence-electron chi connectivity index (χ4n) is 3.90. The van der Waals surface area contributed by atoms with Crippen molar-refractivity contribution in [3.8, 4) is 22.6 Å². The van der Waals surface area contributed by atoms with Gasteiger partial charge in [0.2, 0.25) is 5.91 Å². The molecule has 1 atom stereocenters. The lowest BCUT2D eigenvalue weighted by Crippen LogP contribution is -2.15. The van der Waals surface area contributed by atoms with Crippen molar-refractivity contribution in [2.75, 3.05) is 0 Å². The third-order valence-corrected chi connectivity index (χ3v) is 5.56. The second-order valence-electron chi connectivity index (χ2n) is 7.59. The number of carbonyl (C=O) groups is 1. The summed E-state index contributed by atoms with van der Waals surface area (Å²) in [6.07, 6.45) is -0.0115. The molecule has 2 aromatic heterocycles. The standard InChI is InChI=1S/C23H18ClN5O3/c1-11-20-16-8-5-14(23-26-12(2)29-32-23)9-17(16)21(13-3-6-15(24)7-4-13)27-18(10-19(25)30)22(20)31-28-11/h3-9,18H,10H2,1-2H3,(H2,25,30). The molecule has 1 amide bonds.